The molecule has 0 spiro atoms. The van der Waals surface area contributed by atoms with Gasteiger partial charge in [0.05, 0.1) is 30.6 Å². The summed E-state index contributed by atoms with van der Waals surface area (Å²) in [5.41, 5.74) is 6.37. The van der Waals surface area contributed by atoms with Crippen LogP contribution in [0.1, 0.15) is 19.6 Å². The predicted molar refractivity (Wildman–Crippen MR) is 129 cm³/mol. The van der Waals surface area contributed by atoms with E-state index in [2.05, 4.69) is 10.1 Å². The molecule has 0 aliphatic rings. The number of fused-ring (bicyclic) bond motifs is 1. The number of ether oxygens (including phenoxy) is 1. The molecule has 1 atom stereocenters. The van der Waals surface area contributed by atoms with Gasteiger partial charge in [0.1, 0.15) is 22.6 Å². The highest BCUT2D eigenvalue weighted by Crippen LogP contribution is 2.33. The predicted octanol–water partition coefficient (Wildman–Crippen LogP) is 3.71. The standard InChI is InChI=1S/C23H24ClN3O7S/c1-13(2)32-19-7-5-15(9-17(19)24)22-26-21(27-34-22)14-4-6-18-16(8-14)10-20(33-18)23(25,11-28)12-31-35(3,29)30/h4-10,13,28H,11-12,25H2,1-3H3. The maximum absolute atomic E-state index is 11.4. The normalized spacial score (nSPS) is 13.9. The molecule has 0 radical (unpaired) electrons. The van der Waals surface area contributed by atoms with Crippen molar-refractivity contribution in [2.24, 2.45) is 5.73 Å². The summed E-state index contributed by atoms with van der Waals surface area (Å²) < 4.78 is 44.3. The van der Waals surface area contributed by atoms with Crippen LogP contribution in [-0.2, 0) is 19.8 Å². The van der Waals surface area contributed by atoms with Crippen molar-refractivity contribution in [1.29, 1.82) is 0 Å². The zero-order valence-corrected chi connectivity index (χ0v) is 20.8. The lowest BCUT2D eigenvalue weighted by Gasteiger charge is -2.23. The van der Waals surface area contributed by atoms with Gasteiger partial charge in [-0.05, 0) is 56.3 Å². The summed E-state index contributed by atoms with van der Waals surface area (Å²) in [4.78, 5) is 4.46. The van der Waals surface area contributed by atoms with E-state index < -0.39 is 28.9 Å². The summed E-state index contributed by atoms with van der Waals surface area (Å²) in [5, 5.41) is 14.9. The van der Waals surface area contributed by atoms with Gasteiger partial charge in [-0.2, -0.15) is 13.4 Å². The minimum absolute atomic E-state index is 0.0132. The molecule has 186 valence electrons. The van der Waals surface area contributed by atoms with E-state index in [-0.39, 0.29) is 17.8 Å². The van der Waals surface area contributed by atoms with Gasteiger partial charge in [-0.3, -0.25) is 4.18 Å². The number of aliphatic hydroxyl groups is 1. The number of nitrogens with two attached hydrogens (primary N) is 1. The van der Waals surface area contributed by atoms with Crippen LogP contribution in [0.3, 0.4) is 0 Å². The number of nitrogens with zero attached hydrogens (tertiary/aromatic N) is 2. The van der Waals surface area contributed by atoms with Crippen LogP contribution in [0.15, 0.2) is 51.4 Å². The Labute approximate surface area is 206 Å². The van der Waals surface area contributed by atoms with Gasteiger partial charge >= 0.3 is 0 Å². The van der Waals surface area contributed by atoms with Crippen LogP contribution in [0.4, 0.5) is 0 Å². The van der Waals surface area contributed by atoms with Gasteiger partial charge < -0.3 is 24.5 Å². The second-order valence-corrected chi connectivity index (χ2v) is 10.4. The number of hydrogen-bond acceptors (Lipinski definition) is 10. The zero-order valence-electron chi connectivity index (χ0n) is 19.2. The molecule has 4 aromatic rings. The van der Waals surface area contributed by atoms with Gasteiger partial charge in [0.15, 0.2) is 0 Å². The lowest BCUT2D eigenvalue weighted by molar-refractivity contribution is 0.120. The lowest BCUT2D eigenvalue weighted by atomic mass is 10.00. The first kappa shape index (κ1) is 25.1. The van der Waals surface area contributed by atoms with E-state index >= 15 is 0 Å². The van der Waals surface area contributed by atoms with Crippen molar-refractivity contribution >= 4 is 32.7 Å². The number of halogens is 1. The number of aromatic nitrogens is 2. The fourth-order valence-electron chi connectivity index (χ4n) is 3.28. The van der Waals surface area contributed by atoms with E-state index in [4.69, 9.17) is 35.2 Å². The molecular formula is C23H24ClN3O7S. The van der Waals surface area contributed by atoms with Gasteiger partial charge in [0.25, 0.3) is 16.0 Å². The average Bonchev–Trinajstić information content (AvgIpc) is 3.45. The van der Waals surface area contributed by atoms with Gasteiger partial charge in [0.2, 0.25) is 5.82 Å². The number of rotatable bonds is 9. The molecule has 0 bridgehead atoms. The van der Waals surface area contributed by atoms with Crippen molar-refractivity contribution in [3.63, 3.8) is 0 Å². The second kappa shape index (κ2) is 9.59. The molecule has 35 heavy (non-hydrogen) atoms. The topological polar surface area (TPSA) is 151 Å². The first-order valence-electron chi connectivity index (χ1n) is 10.6. The minimum atomic E-state index is -3.75. The molecule has 0 aliphatic carbocycles. The van der Waals surface area contributed by atoms with Crippen molar-refractivity contribution in [2.75, 3.05) is 19.5 Å². The zero-order chi connectivity index (χ0) is 25.4. The molecule has 10 nitrogen and oxygen atoms in total. The molecule has 0 fully saturated rings. The summed E-state index contributed by atoms with van der Waals surface area (Å²) in [7, 11) is -3.75. The van der Waals surface area contributed by atoms with Crippen molar-refractivity contribution in [1.82, 2.24) is 10.1 Å². The summed E-state index contributed by atoms with van der Waals surface area (Å²) in [6, 6.07) is 12.0. The quantitative estimate of drug-likeness (QED) is 0.312. The molecule has 3 N–H and O–H groups in total. The highest BCUT2D eigenvalue weighted by molar-refractivity contribution is 7.85. The number of benzene rings is 2. The van der Waals surface area contributed by atoms with Crippen LogP contribution in [-0.4, -0.2) is 49.2 Å². The van der Waals surface area contributed by atoms with Gasteiger partial charge in [-0.15, -0.1) is 0 Å². The van der Waals surface area contributed by atoms with E-state index in [1.165, 1.54) is 0 Å². The monoisotopic (exact) mass is 521 g/mol. The van der Waals surface area contributed by atoms with Crippen LogP contribution in [0.5, 0.6) is 5.75 Å². The molecule has 0 amide bonds. The number of furan rings is 1. The average molecular weight is 522 g/mol. The van der Waals surface area contributed by atoms with E-state index in [0.717, 1.165) is 6.26 Å². The van der Waals surface area contributed by atoms with Crippen molar-refractivity contribution in [3.8, 4) is 28.6 Å². The Morgan fingerprint density at radius 2 is 1.91 bits per heavy atom. The number of hydrogen-bond donors (Lipinski definition) is 2. The summed E-state index contributed by atoms with van der Waals surface area (Å²) in [6.45, 7) is 2.75. The van der Waals surface area contributed by atoms with E-state index in [1.54, 1.807) is 42.5 Å². The molecule has 4 rings (SSSR count). The SMILES string of the molecule is CC(C)Oc1ccc(-c2nc(-c3ccc4oc(C(N)(CO)COS(C)(=O)=O)cc4c3)no2)cc1Cl. The first-order valence-corrected chi connectivity index (χ1v) is 12.8. The van der Waals surface area contributed by atoms with Gasteiger partial charge in [-0.25, -0.2) is 0 Å². The highest BCUT2D eigenvalue weighted by Gasteiger charge is 2.33. The maximum atomic E-state index is 11.4. The summed E-state index contributed by atoms with van der Waals surface area (Å²) >= 11 is 6.32. The molecule has 2 aromatic carbocycles. The maximum Gasteiger partial charge on any atom is 0.264 e. The van der Waals surface area contributed by atoms with Crippen molar-refractivity contribution in [2.45, 2.75) is 25.5 Å². The third-order valence-electron chi connectivity index (χ3n) is 5.05. The molecular weight excluding hydrogens is 498 g/mol. The molecule has 0 aliphatic heterocycles. The molecule has 1 unspecified atom stereocenters. The molecule has 0 saturated heterocycles. The first-order chi connectivity index (χ1) is 16.5. The fraction of sp³-hybridized carbons (Fsp3) is 0.304. The Morgan fingerprint density at radius 3 is 2.57 bits per heavy atom. The van der Waals surface area contributed by atoms with Crippen LogP contribution < -0.4 is 10.5 Å². The largest absolute Gasteiger partial charge is 0.489 e. The van der Waals surface area contributed by atoms with Crippen LogP contribution in [0, 0.1) is 0 Å². The Bertz CT molecular complexity index is 1470. The van der Waals surface area contributed by atoms with E-state index in [1.807, 2.05) is 13.8 Å². The smallest absolute Gasteiger partial charge is 0.264 e. The second-order valence-electron chi connectivity index (χ2n) is 8.38. The Balaban J connectivity index is 1.60. The Kier molecular flexibility index (Phi) is 6.89. The fourth-order valence-corrected chi connectivity index (χ4v) is 3.93. The Morgan fingerprint density at radius 1 is 1.17 bits per heavy atom. The van der Waals surface area contributed by atoms with Gasteiger partial charge in [-0.1, -0.05) is 16.8 Å². The van der Waals surface area contributed by atoms with E-state index in [0.29, 0.717) is 38.7 Å². The van der Waals surface area contributed by atoms with Gasteiger partial charge in [0, 0.05) is 16.5 Å². The van der Waals surface area contributed by atoms with E-state index in [9.17, 15) is 13.5 Å². The summed E-state index contributed by atoms with van der Waals surface area (Å²) in [6.07, 6.45) is 0.886. The molecule has 12 heteroatoms. The minimum Gasteiger partial charge on any atom is -0.489 e. The van der Waals surface area contributed by atoms with Crippen LogP contribution in [0.25, 0.3) is 33.8 Å². The van der Waals surface area contributed by atoms with Crippen molar-refractivity contribution < 1.29 is 31.4 Å². The lowest BCUT2D eigenvalue weighted by Crippen LogP contribution is -2.45. The van der Waals surface area contributed by atoms with Crippen LogP contribution in [0.2, 0.25) is 5.02 Å². The Hall–Kier alpha value is -2.96. The third kappa shape index (κ3) is 5.65. The molecule has 2 aromatic heterocycles. The number of aliphatic hydroxyl groups excluding tert-OH is 1. The molecule has 2 heterocycles. The highest BCUT2D eigenvalue weighted by atomic mass is 35.5. The van der Waals surface area contributed by atoms with Crippen molar-refractivity contribution in [3.05, 3.63) is 53.2 Å². The summed E-state index contributed by atoms with van der Waals surface area (Å²) in [5.74, 6) is 1.35. The molecule has 0 saturated carbocycles. The third-order valence-corrected chi connectivity index (χ3v) is 5.89. The van der Waals surface area contributed by atoms with Crippen LogP contribution >= 0.6 is 11.6 Å².